The number of rotatable bonds is 5. The van der Waals surface area contributed by atoms with Gasteiger partial charge < -0.3 is 5.73 Å². The quantitative estimate of drug-likeness (QED) is 0.767. The molecule has 4 nitrogen and oxygen atoms in total. The SMILES string of the molecule is CSC1(CNS(=O)(=O)c2cc(Br)c(F)cc2N)CCC1. The van der Waals surface area contributed by atoms with Gasteiger partial charge in [-0.2, -0.15) is 11.8 Å². The third kappa shape index (κ3) is 3.13. The van der Waals surface area contributed by atoms with Crippen LogP contribution >= 0.6 is 27.7 Å². The standard InChI is InChI=1S/C12H16BrFN2O2S2/c1-19-12(3-2-4-12)7-16-20(17,18)11-5-8(13)9(14)6-10(11)15/h5-6,16H,2-4,7,15H2,1H3. The van der Waals surface area contributed by atoms with Gasteiger partial charge in [-0.3, -0.25) is 0 Å². The van der Waals surface area contributed by atoms with Gasteiger partial charge in [0.25, 0.3) is 0 Å². The Labute approximate surface area is 130 Å². The van der Waals surface area contributed by atoms with Crippen LogP contribution in [-0.4, -0.2) is 26.0 Å². The van der Waals surface area contributed by atoms with Crippen LogP contribution in [0.15, 0.2) is 21.5 Å². The van der Waals surface area contributed by atoms with E-state index < -0.39 is 15.8 Å². The van der Waals surface area contributed by atoms with Gasteiger partial charge in [-0.25, -0.2) is 17.5 Å². The van der Waals surface area contributed by atoms with Crippen LogP contribution in [0.4, 0.5) is 10.1 Å². The minimum atomic E-state index is -3.73. The molecule has 0 heterocycles. The molecular weight excluding hydrogens is 367 g/mol. The number of anilines is 1. The summed E-state index contributed by atoms with van der Waals surface area (Å²) in [6, 6.07) is 2.20. The molecule has 8 heteroatoms. The van der Waals surface area contributed by atoms with Crippen LogP contribution in [0.1, 0.15) is 19.3 Å². The summed E-state index contributed by atoms with van der Waals surface area (Å²) >= 11 is 4.65. The fourth-order valence-corrected chi connectivity index (χ4v) is 4.87. The highest BCUT2D eigenvalue weighted by Gasteiger charge is 2.37. The Hall–Kier alpha value is -0.310. The van der Waals surface area contributed by atoms with Crippen molar-refractivity contribution in [1.29, 1.82) is 0 Å². The first-order valence-corrected chi connectivity index (χ1v) is 9.59. The van der Waals surface area contributed by atoms with Gasteiger partial charge in [0.1, 0.15) is 10.7 Å². The van der Waals surface area contributed by atoms with Crippen molar-refractivity contribution in [2.75, 3.05) is 18.5 Å². The number of thioether (sulfide) groups is 1. The fraction of sp³-hybridized carbons (Fsp3) is 0.500. The number of hydrogen-bond donors (Lipinski definition) is 2. The van der Waals surface area contributed by atoms with Crippen molar-refractivity contribution in [2.24, 2.45) is 0 Å². The van der Waals surface area contributed by atoms with Crippen molar-refractivity contribution in [2.45, 2.75) is 28.9 Å². The summed E-state index contributed by atoms with van der Waals surface area (Å²) in [5.74, 6) is -0.582. The predicted molar refractivity (Wildman–Crippen MR) is 83.8 cm³/mol. The van der Waals surface area contributed by atoms with E-state index in [0.717, 1.165) is 25.3 Å². The Morgan fingerprint density at radius 2 is 2.15 bits per heavy atom. The summed E-state index contributed by atoms with van der Waals surface area (Å²) in [5, 5.41) is 0. The first-order valence-electron chi connectivity index (χ1n) is 6.09. The smallest absolute Gasteiger partial charge is 0.242 e. The molecule has 0 amide bonds. The van der Waals surface area contributed by atoms with E-state index >= 15 is 0 Å². The number of nitrogen functional groups attached to an aromatic ring is 1. The highest BCUT2D eigenvalue weighted by molar-refractivity contribution is 9.10. The lowest BCUT2D eigenvalue weighted by Gasteiger charge is -2.40. The maximum absolute atomic E-state index is 13.3. The molecule has 1 aromatic rings. The van der Waals surface area contributed by atoms with Crippen molar-refractivity contribution in [3.63, 3.8) is 0 Å². The highest BCUT2D eigenvalue weighted by atomic mass is 79.9. The molecule has 2 rings (SSSR count). The molecule has 0 radical (unpaired) electrons. The predicted octanol–water partition coefficient (Wildman–Crippen LogP) is 2.73. The number of nitrogens with one attached hydrogen (secondary N) is 1. The second-order valence-electron chi connectivity index (χ2n) is 4.87. The van der Waals surface area contributed by atoms with Crippen LogP contribution < -0.4 is 10.5 Å². The monoisotopic (exact) mass is 382 g/mol. The molecule has 0 spiro atoms. The Balaban J connectivity index is 2.20. The molecule has 0 bridgehead atoms. The normalized spacial score (nSPS) is 17.8. The van der Waals surface area contributed by atoms with Crippen LogP contribution in [0.25, 0.3) is 0 Å². The van der Waals surface area contributed by atoms with Crippen molar-refractivity contribution in [3.8, 4) is 0 Å². The molecule has 0 atom stereocenters. The molecule has 1 saturated carbocycles. The number of halogens is 2. The number of hydrogen-bond acceptors (Lipinski definition) is 4. The van der Waals surface area contributed by atoms with Crippen LogP contribution in [0.3, 0.4) is 0 Å². The minimum Gasteiger partial charge on any atom is -0.398 e. The van der Waals surface area contributed by atoms with Gasteiger partial charge in [0.2, 0.25) is 10.0 Å². The first kappa shape index (κ1) is 16.1. The lowest BCUT2D eigenvalue weighted by Crippen LogP contribution is -2.45. The topological polar surface area (TPSA) is 72.2 Å². The summed E-state index contributed by atoms with van der Waals surface area (Å²) in [6.45, 7) is 0.366. The minimum absolute atomic E-state index is 0.0148. The van der Waals surface area contributed by atoms with E-state index in [9.17, 15) is 12.8 Å². The molecule has 0 unspecified atom stereocenters. The molecule has 0 saturated heterocycles. The zero-order chi connectivity index (χ0) is 15.0. The van der Waals surface area contributed by atoms with Gasteiger partial charge in [0.05, 0.1) is 10.2 Å². The molecule has 1 aromatic carbocycles. The zero-order valence-electron chi connectivity index (χ0n) is 10.9. The first-order chi connectivity index (χ1) is 9.30. The van der Waals surface area contributed by atoms with E-state index in [4.69, 9.17) is 5.73 Å². The molecule has 1 aliphatic rings. The molecule has 1 fully saturated rings. The number of nitrogens with two attached hydrogens (primary N) is 1. The summed E-state index contributed by atoms with van der Waals surface area (Å²) in [5.41, 5.74) is 5.52. The van der Waals surface area contributed by atoms with Crippen molar-refractivity contribution in [3.05, 3.63) is 22.4 Å². The fourth-order valence-electron chi connectivity index (χ4n) is 2.11. The van der Waals surface area contributed by atoms with E-state index in [0.29, 0.717) is 6.54 Å². The summed E-state index contributed by atoms with van der Waals surface area (Å²) in [7, 11) is -3.73. The van der Waals surface area contributed by atoms with E-state index in [2.05, 4.69) is 20.7 Å². The van der Waals surface area contributed by atoms with E-state index in [1.54, 1.807) is 11.8 Å². The third-order valence-electron chi connectivity index (χ3n) is 3.62. The molecule has 1 aliphatic carbocycles. The average Bonchev–Trinajstić information content (AvgIpc) is 2.32. The Morgan fingerprint density at radius 3 is 2.65 bits per heavy atom. The van der Waals surface area contributed by atoms with Crippen LogP contribution in [-0.2, 0) is 10.0 Å². The van der Waals surface area contributed by atoms with E-state index in [-0.39, 0.29) is 19.8 Å². The van der Waals surface area contributed by atoms with Crippen LogP contribution in [0.2, 0.25) is 0 Å². The maximum Gasteiger partial charge on any atom is 0.242 e. The lowest BCUT2D eigenvalue weighted by atomic mass is 9.84. The van der Waals surface area contributed by atoms with Gasteiger partial charge in [0.15, 0.2) is 0 Å². The molecular formula is C12H16BrFN2O2S2. The van der Waals surface area contributed by atoms with Crippen molar-refractivity contribution < 1.29 is 12.8 Å². The molecule has 20 heavy (non-hydrogen) atoms. The Bertz CT molecular complexity index is 613. The van der Waals surface area contributed by atoms with Crippen molar-refractivity contribution >= 4 is 43.4 Å². The molecule has 0 aliphatic heterocycles. The largest absolute Gasteiger partial charge is 0.398 e. The van der Waals surface area contributed by atoms with Gasteiger partial charge in [-0.1, -0.05) is 6.42 Å². The summed E-state index contributed by atoms with van der Waals surface area (Å²) < 4.78 is 40.5. The molecule has 112 valence electrons. The number of benzene rings is 1. The maximum atomic E-state index is 13.3. The third-order valence-corrected chi connectivity index (χ3v) is 7.11. The highest BCUT2D eigenvalue weighted by Crippen LogP contribution is 2.42. The summed E-state index contributed by atoms with van der Waals surface area (Å²) in [4.78, 5) is -0.0960. The number of sulfonamides is 1. The van der Waals surface area contributed by atoms with Crippen LogP contribution in [0.5, 0.6) is 0 Å². The second-order valence-corrected chi connectivity index (χ2v) is 8.73. The average molecular weight is 383 g/mol. The Morgan fingerprint density at radius 1 is 1.50 bits per heavy atom. The van der Waals surface area contributed by atoms with Crippen molar-refractivity contribution in [1.82, 2.24) is 4.72 Å². The van der Waals surface area contributed by atoms with Gasteiger partial charge in [-0.05, 0) is 47.2 Å². The van der Waals surface area contributed by atoms with E-state index in [1.165, 1.54) is 6.07 Å². The molecule has 0 aromatic heterocycles. The van der Waals surface area contributed by atoms with Crippen LogP contribution in [0, 0.1) is 5.82 Å². The van der Waals surface area contributed by atoms with Gasteiger partial charge in [-0.15, -0.1) is 0 Å². The lowest BCUT2D eigenvalue weighted by molar-refractivity contribution is 0.362. The van der Waals surface area contributed by atoms with Gasteiger partial charge >= 0.3 is 0 Å². The molecule has 3 N–H and O–H groups in total. The zero-order valence-corrected chi connectivity index (χ0v) is 14.2. The summed E-state index contributed by atoms with van der Waals surface area (Å²) in [6.07, 6.45) is 5.10. The second kappa shape index (κ2) is 5.82. The Kier molecular flexibility index (Phi) is 4.68. The van der Waals surface area contributed by atoms with Gasteiger partial charge in [0, 0.05) is 11.3 Å². The van der Waals surface area contributed by atoms with E-state index in [1.807, 2.05) is 6.26 Å².